The molecule has 1 aromatic rings. The molecule has 0 saturated carbocycles. The summed E-state index contributed by atoms with van der Waals surface area (Å²) in [6.07, 6.45) is 1.41. The minimum absolute atomic E-state index is 0.0367. The van der Waals surface area contributed by atoms with E-state index in [1.165, 1.54) is 10.4 Å². The molecule has 1 aliphatic rings. The molecular weight excluding hydrogens is 338 g/mol. The van der Waals surface area contributed by atoms with Gasteiger partial charge in [-0.25, -0.2) is 8.42 Å². The van der Waals surface area contributed by atoms with E-state index in [9.17, 15) is 17.2 Å². The lowest BCUT2D eigenvalue weighted by atomic mass is 9.99. The summed E-state index contributed by atoms with van der Waals surface area (Å²) < 4.78 is 54.9. The Morgan fingerprint density at radius 3 is 2.50 bits per heavy atom. The van der Waals surface area contributed by atoms with Gasteiger partial charge in [0.25, 0.3) is 0 Å². The van der Waals surface area contributed by atoms with Crippen LogP contribution in [0.2, 0.25) is 5.02 Å². The van der Waals surface area contributed by atoms with Crippen molar-refractivity contribution in [2.24, 2.45) is 11.7 Å². The van der Waals surface area contributed by atoms with Gasteiger partial charge in [0.2, 0.25) is 10.0 Å². The van der Waals surface area contributed by atoms with E-state index >= 15 is 0 Å². The molecule has 0 unspecified atom stereocenters. The van der Waals surface area contributed by atoms with Crippen LogP contribution in [0.25, 0.3) is 0 Å². The largest absolute Gasteiger partial charge is 0.433 e. The summed E-state index contributed by atoms with van der Waals surface area (Å²) in [6, 6.07) is 3.48. The number of rotatable bonds is 5. The molecule has 124 valence electrons. The van der Waals surface area contributed by atoms with Gasteiger partial charge in [0.15, 0.2) is 0 Å². The molecule has 2 rings (SSSR count). The van der Waals surface area contributed by atoms with Crippen LogP contribution in [0.5, 0.6) is 5.75 Å². The predicted octanol–water partition coefficient (Wildman–Crippen LogP) is 2.30. The molecule has 1 saturated heterocycles. The summed E-state index contributed by atoms with van der Waals surface area (Å²) in [5, 5.41) is -0.168. The van der Waals surface area contributed by atoms with Crippen molar-refractivity contribution in [3.05, 3.63) is 23.2 Å². The zero-order valence-electron chi connectivity index (χ0n) is 11.7. The van der Waals surface area contributed by atoms with E-state index in [2.05, 4.69) is 4.74 Å². The third-order valence-electron chi connectivity index (χ3n) is 3.66. The number of hydrogen-bond acceptors (Lipinski definition) is 4. The van der Waals surface area contributed by atoms with E-state index in [-0.39, 0.29) is 15.7 Å². The van der Waals surface area contributed by atoms with Gasteiger partial charge in [-0.15, -0.1) is 0 Å². The number of sulfonamides is 1. The number of alkyl halides is 2. The van der Waals surface area contributed by atoms with Crippen LogP contribution in [0, 0.1) is 5.92 Å². The lowest BCUT2D eigenvalue weighted by molar-refractivity contribution is -0.0498. The van der Waals surface area contributed by atoms with Crippen molar-refractivity contribution < 1.29 is 21.9 Å². The first-order chi connectivity index (χ1) is 10.3. The number of ether oxygens (including phenoxy) is 1. The molecule has 1 fully saturated rings. The molecule has 22 heavy (non-hydrogen) atoms. The lowest BCUT2D eigenvalue weighted by Gasteiger charge is -2.30. The average molecular weight is 355 g/mol. The molecule has 0 bridgehead atoms. The van der Waals surface area contributed by atoms with Crippen LogP contribution in [-0.2, 0) is 10.0 Å². The standard InChI is InChI=1S/C13H17ClF2N2O3S/c14-11-7-10(1-2-12(11)21-13(15)16)22(19,20)18-5-3-9(8-17)4-6-18/h1-2,7,9,13H,3-6,8,17H2. The van der Waals surface area contributed by atoms with Gasteiger partial charge >= 0.3 is 6.61 Å². The first-order valence-corrected chi connectivity index (χ1v) is 8.61. The van der Waals surface area contributed by atoms with Gasteiger partial charge in [0, 0.05) is 13.1 Å². The SMILES string of the molecule is NCC1CCN(S(=O)(=O)c2ccc(OC(F)F)c(Cl)c2)CC1. The molecule has 1 heterocycles. The van der Waals surface area contributed by atoms with Gasteiger partial charge in [-0.3, -0.25) is 0 Å². The van der Waals surface area contributed by atoms with E-state index in [1.54, 1.807) is 0 Å². The Morgan fingerprint density at radius 1 is 1.36 bits per heavy atom. The van der Waals surface area contributed by atoms with E-state index in [1.807, 2.05) is 0 Å². The molecule has 5 nitrogen and oxygen atoms in total. The molecular formula is C13H17ClF2N2O3S. The summed E-state index contributed by atoms with van der Waals surface area (Å²) in [7, 11) is -3.70. The van der Waals surface area contributed by atoms with E-state index in [4.69, 9.17) is 17.3 Å². The van der Waals surface area contributed by atoms with Crippen LogP contribution in [0.4, 0.5) is 8.78 Å². The average Bonchev–Trinajstić information content (AvgIpc) is 2.49. The normalized spacial score (nSPS) is 17.9. The zero-order valence-corrected chi connectivity index (χ0v) is 13.3. The summed E-state index contributed by atoms with van der Waals surface area (Å²) >= 11 is 5.81. The molecule has 0 amide bonds. The van der Waals surface area contributed by atoms with Gasteiger partial charge in [-0.2, -0.15) is 13.1 Å². The molecule has 1 aliphatic heterocycles. The summed E-state index contributed by atoms with van der Waals surface area (Å²) in [4.78, 5) is -0.0367. The Morgan fingerprint density at radius 2 is 2.00 bits per heavy atom. The second-order valence-corrected chi connectivity index (χ2v) is 7.40. The van der Waals surface area contributed by atoms with Crippen molar-refractivity contribution in [3.63, 3.8) is 0 Å². The Bertz CT molecular complexity index is 620. The van der Waals surface area contributed by atoms with Gasteiger partial charge in [0.05, 0.1) is 9.92 Å². The second kappa shape index (κ2) is 7.08. The second-order valence-electron chi connectivity index (χ2n) is 5.05. The topological polar surface area (TPSA) is 72.6 Å². The van der Waals surface area contributed by atoms with Crippen molar-refractivity contribution in [3.8, 4) is 5.75 Å². The van der Waals surface area contributed by atoms with Crippen molar-refractivity contribution in [1.82, 2.24) is 4.31 Å². The molecule has 0 atom stereocenters. The maximum atomic E-state index is 12.5. The third-order valence-corrected chi connectivity index (χ3v) is 5.85. The minimum Gasteiger partial charge on any atom is -0.433 e. The fourth-order valence-corrected chi connectivity index (χ4v) is 4.15. The molecule has 9 heteroatoms. The maximum absolute atomic E-state index is 12.5. The fraction of sp³-hybridized carbons (Fsp3) is 0.538. The van der Waals surface area contributed by atoms with Crippen molar-refractivity contribution in [2.45, 2.75) is 24.3 Å². The van der Waals surface area contributed by atoms with Gasteiger partial charge in [-0.1, -0.05) is 11.6 Å². The highest BCUT2D eigenvalue weighted by molar-refractivity contribution is 7.89. The third kappa shape index (κ3) is 3.87. The molecule has 0 spiro atoms. The highest BCUT2D eigenvalue weighted by Crippen LogP contribution is 2.31. The minimum atomic E-state index is -3.70. The number of piperidine rings is 1. The van der Waals surface area contributed by atoms with Crippen LogP contribution in [-0.4, -0.2) is 39.0 Å². The lowest BCUT2D eigenvalue weighted by Crippen LogP contribution is -2.40. The Labute approximate surface area is 133 Å². The quantitative estimate of drug-likeness (QED) is 0.880. The number of benzene rings is 1. The molecule has 0 aliphatic carbocycles. The molecule has 0 aromatic heterocycles. The van der Waals surface area contributed by atoms with Gasteiger partial charge in [-0.05, 0) is 43.5 Å². The summed E-state index contributed by atoms with van der Waals surface area (Å²) in [5.41, 5.74) is 5.58. The molecule has 1 aromatic carbocycles. The van der Waals surface area contributed by atoms with Crippen molar-refractivity contribution >= 4 is 21.6 Å². The number of halogens is 3. The molecule has 2 N–H and O–H groups in total. The van der Waals surface area contributed by atoms with Crippen LogP contribution in [0.15, 0.2) is 23.1 Å². The predicted molar refractivity (Wildman–Crippen MR) is 78.6 cm³/mol. The number of nitrogens with two attached hydrogens (primary N) is 1. The van der Waals surface area contributed by atoms with Crippen LogP contribution < -0.4 is 10.5 Å². The van der Waals surface area contributed by atoms with E-state index < -0.39 is 16.6 Å². The maximum Gasteiger partial charge on any atom is 0.387 e. The zero-order chi connectivity index (χ0) is 16.3. The smallest absolute Gasteiger partial charge is 0.387 e. The first kappa shape index (κ1) is 17.4. The Balaban J connectivity index is 2.18. The summed E-state index contributed by atoms with van der Waals surface area (Å²) in [5.74, 6) is 0.0781. The van der Waals surface area contributed by atoms with Crippen molar-refractivity contribution in [1.29, 1.82) is 0 Å². The monoisotopic (exact) mass is 354 g/mol. The van der Waals surface area contributed by atoms with E-state index in [0.29, 0.717) is 38.4 Å². The van der Waals surface area contributed by atoms with Crippen LogP contribution in [0.3, 0.4) is 0 Å². The van der Waals surface area contributed by atoms with Gasteiger partial charge < -0.3 is 10.5 Å². The Kier molecular flexibility index (Phi) is 5.60. The number of hydrogen-bond donors (Lipinski definition) is 1. The van der Waals surface area contributed by atoms with Gasteiger partial charge in [0.1, 0.15) is 5.75 Å². The highest BCUT2D eigenvalue weighted by Gasteiger charge is 2.29. The molecule has 0 radical (unpaired) electrons. The number of nitrogens with zero attached hydrogens (tertiary/aromatic N) is 1. The summed E-state index contributed by atoms with van der Waals surface area (Å²) in [6.45, 7) is -1.71. The van der Waals surface area contributed by atoms with Crippen LogP contribution >= 0.6 is 11.6 Å². The Hall–Kier alpha value is -0.960. The van der Waals surface area contributed by atoms with Crippen LogP contribution in [0.1, 0.15) is 12.8 Å². The fourth-order valence-electron chi connectivity index (χ4n) is 2.37. The van der Waals surface area contributed by atoms with E-state index in [0.717, 1.165) is 12.1 Å². The highest BCUT2D eigenvalue weighted by atomic mass is 35.5. The first-order valence-electron chi connectivity index (χ1n) is 6.79. The van der Waals surface area contributed by atoms with Crippen molar-refractivity contribution in [2.75, 3.05) is 19.6 Å².